The molecule has 37 heavy (non-hydrogen) atoms. The van der Waals surface area contributed by atoms with E-state index >= 15 is 0 Å². The quantitative estimate of drug-likeness (QED) is 0.458. The number of esters is 1. The second kappa shape index (κ2) is 10.6. The summed E-state index contributed by atoms with van der Waals surface area (Å²) in [6, 6.07) is 7.85. The van der Waals surface area contributed by atoms with Gasteiger partial charge in [-0.15, -0.1) is 11.8 Å². The number of thioether (sulfide) groups is 1. The van der Waals surface area contributed by atoms with Crippen molar-refractivity contribution in [2.24, 2.45) is 11.8 Å². The fraction of sp³-hybridized carbons (Fsp3) is 0.667. The van der Waals surface area contributed by atoms with Crippen LogP contribution in [-0.2, 0) is 23.9 Å². The molecule has 2 unspecified atom stereocenters. The van der Waals surface area contributed by atoms with Crippen LogP contribution in [0, 0.1) is 11.8 Å². The number of rotatable bonds is 9. The van der Waals surface area contributed by atoms with Gasteiger partial charge < -0.3 is 24.8 Å². The average Bonchev–Trinajstić information content (AvgIpc) is 3.47. The molecule has 2 amide bonds. The van der Waals surface area contributed by atoms with Gasteiger partial charge in [-0.05, 0) is 32.3 Å². The Hall–Kier alpha value is -2.14. The van der Waals surface area contributed by atoms with Gasteiger partial charge in [-0.25, -0.2) is 0 Å². The van der Waals surface area contributed by atoms with Crippen LogP contribution in [-0.4, -0.2) is 101 Å². The monoisotopic (exact) mass is 531 g/mol. The van der Waals surface area contributed by atoms with Gasteiger partial charge >= 0.3 is 5.97 Å². The standard InChI is InChI=1S/C27H37N3O6S/c1-3-36-25(34)21-20-24(33)30(19(17-31)18-7-5-4-6-8-18)22(27(20)10-9-26(21,2)37-27)23(32)28-11-12-29-13-15-35-16-14-29/h4-8,19-22,31H,3,9-17H2,1-2H3,(H,28,32)/t19-,20+,21+,22?,26-,27?/m1/s1. The molecule has 1 aromatic rings. The zero-order valence-corrected chi connectivity index (χ0v) is 22.4. The molecule has 0 aromatic heterocycles. The third kappa shape index (κ3) is 4.45. The molecule has 4 heterocycles. The van der Waals surface area contributed by atoms with E-state index < -0.39 is 33.4 Å². The summed E-state index contributed by atoms with van der Waals surface area (Å²) in [5.41, 5.74) is 0.763. The number of ether oxygens (including phenoxy) is 2. The number of carbonyl (C=O) groups excluding carboxylic acids is 3. The third-order valence-electron chi connectivity index (χ3n) is 8.53. The van der Waals surface area contributed by atoms with Crippen LogP contribution in [0.5, 0.6) is 0 Å². The molecule has 9 nitrogen and oxygen atoms in total. The van der Waals surface area contributed by atoms with Crippen molar-refractivity contribution in [2.45, 2.75) is 48.3 Å². The number of amides is 2. The second-order valence-corrected chi connectivity index (χ2v) is 12.5. The molecule has 10 heteroatoms. The van der Waals surface area contributed by atoms with Crippen LogP contribution in [0.3, 0.4) is 0 Å². The number of benzene rings is 1. The number of aliphatic hydroxyl groups is 1. The van der Waals surface area contributed by atoms with Crippen LogP contribution >= 0.6 is 11.8 Å². The van der Waals surface area contributed by atoms with Crippen molar-refractivity contribution in [2.75, 3.05) is 52.6 Å². The maximum Gasteiger partial charge on any atom is 0.311 e. The molecule has 0 saturated carbocycles. The van der Waals surface area contributed by atoms with Gasteiger partial charge in [0.05, 0.1) is 49.1 Å². The summed E-state index contributed by atoms with van der Waals surface area (Å²) in [5.74, 6) is -2.12. The molecule has 1 spiro atoms. The number of nitrogens with zero attached hydrogens (tertiary/aromatic N) is 2. The number of hydrogen-bond donors (Lipinski definition) is 2. The van der Waals surface area contributed by atoms with Gasteiger partial charge in [-0.2, -0.15) is 0 Å². The summed E-state index contributed by atoms with van der Waals surface area (Å²) in [4.78, 5) is 45.2. The van der Waals surface area contributed by atoms with Crippen molar-refractivity contribution in [1.29, 1.82) is 0 Å². The predicted octanol–water partition coefficient (Wildman–Crippen LogP) is 1.21. The second-order valence-electron chi connectivity index (χ2n) is 10.6. The first-order valence-electron chi connectivity index (χ1n) is 13.3. The Morgan fingerprint density at radius 2 is 1.97 bits per heavy atom. The van der Waals surface area contributed by atoms with E-state index in [0.29, 0.717) is 32.7 Å². The van der Waals surface area contributed by atoms with Gasteiger partial charge in [0, 0.05) is 30.9 Å². The number of fused-ring (bicyclic) bond motifs is 1. The zero-order valence-electron chi connectivity index (χ0n) is 21.6. The maximum atomic E-state index is 14.2. The molecule has 5 rings (SSSR count). The van der Waals surface area contributed by atoms with Crippen LogP contribution in [0.25, 0.3) is 0 Å². The summed E-state index contributed by atoms with van der Waals surface area (Å²) < 4.78 is 9.65. The first-order chi connectivity index (χ1) is 17.9. The van der Waals surface area contributed by atoms with Crippen LogP contribution in [0.4, 0.5) is 0 Å². The highest BCUT2D eigenvalue weighted by atomic mass is 32.2. The zero-order chi connectivity index (χ0) is 26.2. The Kier molecular flexibility index (Phi) is 7.55. The van der Waals surface area contributed by atoms with Crippen LogP contribution in [0.15, 0.2) is 30.3 Å². The van der Waals surface area contributed by atoms with Crippen LogP contribution < -0.4 is 5.32 Å². The fourth-order valence-corrected chi connectivity index (χ4v) is 9.21. The molecule has 4 saturated heterocycles. The van der Waals surface area contributed by atoms with E-state index in [1.807, 2.05) is 37.3 Å². The number of aliphatic hydroxyl groups excluding tert-OH is 1. The lowest BCUT2D eigenvalue weighted by Gasteiger charge is -2.37. The van der Waals surface area contributed by atoms with Crippen molar-refractivity contribution in [3.63, 3.8) is 0 Å². The summed E-state index contributed by atoms with van der Waals surface area (Å²) >= 11 is 1.61. The highest BCUT2D eigenvalue weighted by Gasteiger charge is 2.78. The van der Waals surface area contributed by atoms with Crippen molar-refractivity contribution in [1.82, 2.24) is 15.1 Å². The largest absolute Gasteiger partial charge is 0.466 e. The topological polar surface area (TPSA) is 108 Å². The molecule has 1 aromatic carbocycles. The van der Waals surface area contributed by atoms with E-state index in [9.17, 15) is 19.5 Å². The maximum absolute atomic E-state index is 14.2. The van der Waals surface area contributed by atoms with Gasteiger partial charge in [0.1, 0.15) is 6.04 Å². The summed E-state index contributed by atoms with van der Waals surface area (Å²) in [6.45, 7) is 7.88. The molecular formula is C27H37N3O6S. The van der Waals surface area contributed by atoms with E-state index in [-0.39, 0.29) is 31.0 Å². The first kappa shape index (κ1) is 26.5. The molecule has 0 aliphatic carbocycles. The van der Waals surface area contributed by atoms with E-state index in [4.69, 9.17) is 9.47 Å². The Morgan fingerprint density at radius 3 is 2.65 bits per heavy atom. The molecule has 2 bridgehead atoms. The highest BCUT2D eigenvalue weighted by Crippen LogP contribution is 2.72. The van der Waals surface area contributed by atoms with Gasteiger partial charge in [0.2, 0.25) is 11.8 Å². The molecule has 4 aliphatic heterocycles. The number of hydrogen-bond acceptors (Lipinski definition) is 8. The number of morpholine rings is 1. The Labute approximate surface area is 222 Å². The molecule has 4 fully saturated rings. The van der Waals surface area contributed by atoms with Gasteiger partial charge in [0.25, 0.3) is 0 Å². The lowest BCUT2D eigenvalue weighted by Crippen LogP contribution is -2.55. The molecule has 202 valence electrons. The molecule has 2 N–H and O–H groups in total. The average molecular weight is 532 g/mol. The number of likely N-dealkylation sites (tertiary alicyclic amines) is 1. The van der Waals surface area contributed by atoms with Crippen molar-refractivity contribution < 1.29 is 29.0 Å². The highest BCUT2D eigenvalue weighted by molar-refractivity contribution is 8.02. The van der Waals surface area contributed by atoms with E-state index in [1.165, 1.54) is 0 Å². The van der Waals surface area contributed by atoms with Crippen LogP contribution in [0.2, 0.25) is 0 Å². The summed E-state index contributed by atoms with van der Waals surface area (Å²) in [6.07, 6.45) is 1.39. The van der Waals surface area contributed by atoms with Crippen molar-refractivity contribution >= 4 is 29.5 Å². The Morgan fingerprint density at radius 1 is 1.24 bits per heavy atom. The number of carbonyl (C=O) groups is 3. The third-order valence-corrected chi connectivity index (χ3v) is 10.5. The van der Waals surface area contributed by atoms with Crippen LogP contribution in [0.1, 0.15) is 38.3 Å². The van der Waals surface area contributed by atoms with Crippen molar-refractivity contribution in [3.8, 4) is 0 Å². The minimum Gasteiger partial charge on any atom is -0.466 e. The SMILES string of the molecule is CCOC(=O)[C@@H]1[C@H]2C(=O)N([C@H](CO)c3ccccc3)C(C(=O)NCCN3CCOCC3)C23CC[C@@]1(C)S3. The van der Waals surface area contributed by atoms with Gasteiger partial charge in [-0.3, -0.25) is 19.3 Å². The fourth-order valence-electron chi connectivity index (χ4n) is 6.88. The molecule has 6 atom stereocenters. The Balaban J connectivity index is 1.48. The first-order valence-corrected chi connectivity index (χ1v) is 14.1. The van der Waals surface area contributed by atoms with Gasteiger partial charge in [0.15, 0.2) is 0 Å². The normalized spacial score (nSPS) is 33.9. The number of nitrogens with one attached hydrogen (secondary N) is 1. The van der Waals surface area contributed by atoms with Gasteiger partial charge in [-0.1, -0.05) is 30.3 Å². The van der Waals surface area contributed by atoms with E-state index in [0.717, 1.165) is 25.1 Å². The lowest BCUT2D eigenvalue weighted by atomic mass is 9.66. The minimum absolute atomic E-state index is 0.222. The van der Waals surface area contributed by atoms with E-state index in [2.05, 4.69) is 10.2 Å². The van der Waals surface area contributed by atoms with E-state index in [1.54, 1.807) is 23.6 Å². The Bertz CT molecular complexity index is 1020. The minimum atomic E-state index is -0.793. The molecule has 4 aliphatic rings. The predicted molar refractivity (Wildman–Crippen MR) is 139 cm³/mol. The van der Waals surface area contributed by atoms with Crippen molar-refractivity contribution in [3.05, 3.63) is 35.9 Å². The smallest absolute Gasteiger partial charge is 0.311 e. The summed E-state index contributed by atoms with van der Waals surface area (Å²) in [7, 11) is 0. The summed E-state index contributed by atoms with van der Waals surface area (Å²) in [5, 5.41) is 13.6. The lowest BCUT2D eigenvalue weighted by molar-refractivity contribution is -0.155. The molecular weight excluding hydrogens is 494 g/mol. The molecule has 0 radical (unpaired) electrons.